The van der Waals surface area contributed by atoms with Crippen molar-refractivity contribution in [3.05, 3.63) is 53.7 Å². The van der Waals surface area contributed by atoms with Crippen LogP contribution in [-0.2, 0) is 6.42 Å². The van der Waals surface area contributed by atoms with E-state index in [4.69, 9.17) is 10.5 Å². The Kier molecular flexibility index (Phi) is 5.29. The highest BCUT2D eigenvalue weighted by Crippen LogP contribution is 2.21. The van der Waals surface area contributed by atoms with Crippen LogP contribution in [-0.4, -0.2) is 24.0 Å². The number of hydrogen-bond donors (Lipinski definition) is 2. The summed E-state index contributed by atoms with van der Waals surface area (Å²) in [6.45, 7) is 2.96. The van der Waals surface area contributed by atoms with E-state index in [1.807, 2.05) is 19.1 Å². The Morgan fingerprint density at radius 1 is 1.29 bits per heavy atom. The zero-order chi connectivity index (χ0) is 15.1. The number of aromatic nitrogens is 1. The SMILES string of the molecule is CCOc1ncccc1NC(=O)c1ccc(CCN)cc1. The number of nitrogens with two attached hydrogens (primary N) is 1. The normalized spacial score (nSPS) is 10.2. The highest BCUT2D eigenvalue weighted by molar-refractivity contribution is 6.04. The summed E-state index contributed by atoms with van der Waals surface area (Å²) in [4.78, 5) is 16.3. The second-order valence-electron chi connectivity index (χ2n) is 4.48. The van der Waals surface area contributed by atoms with Crippen molar-refractivity contribution in [2.45, 2.75) is 13.3 Å². The molecule has 1 aromatic carbocycles. The molecule has 21 heavy (non-hydrogen) atoms. The van der Waals surface area contributed by atoms with Crippen molar-refractivity contribution in [3.63, 3.8) is 0 Å². The minimum Gasteiger partial charge on any atom is -0.476 e. The number of rotatable bonds is 6. The van der Waals surface area contributed by atoms with E-state index < -0.39 is 0 Å². The monoisotopic (exact) mass is 285 g/mol. The van der Waals surface area contributed by atoms with Gasteiger partial charge in [0.25, 0.3) is 5.91 Å². The Morgan fingerprint density at radius 3 is 2.71 bits per heavy atom. The number of hydrogen-bond acceptors (Lipinski definition) is 4. The zero-order valence-corrected chi connectivity index (χ0v) is 12.0. The average Bonchev–Trinajstić information content (AvgIpc) is 2.50. The lowest BCUT2D eigenvalue weighted by Crippen LogP contribution is -2.13. The van der Waals surface area contributed by atoms with Gasteiger partial charge in [-0.15, -0.1) is 0 Å². The van der Waals surface area contributed by atoms with Gasteiger partial charge in [-0.05, 0) is 49.7 Å². The van der Waals surface area contributed by atoms with E-state index in [0.29, 0.717) is 30.3 Å². The van der Waals surface area contributed by atoms with E-state index >= 15 is 0 Å². The molecule has 5 heteroatoms. The summed E-state index contributed by atoms with van der Waals surface area (Å²) in [5.74, 6) is 0.233. The molecule has 110 valence electrons. The molecule has 1 amide bonds. The minimum absolute atomic E-state index is 0.191. The number of amides is 1. The molecule has 0 saturated heterocycles. The quantitative estimate of drug-likeness (QED) is 0.853. The second kappa shape index (κ2) is 7.40. The highest BCUT2D eigenvalue weighted by atomic mass is 16.5. The summed E-state index contributed by atoms with van der Waals surface area (Å²) < 4.78 is 5.39. The van der Waals surface area contributed by atoms with E-state index in [2.05, 4.69) is 10.3 Å². The predicted molar refractivity (Wildman–Crippen MR) is 82.6 cm³/mol. The van der Waals surface area contributed by atoms with Crippen LogP contribution in [0.2, 0.25) is 0 Å². The first-order chi connectivity index (χ1) is 10.2. The Morgan fingerprint density at radius 2 is 2.05 bits per heavy atom. The highest BCUT2D eigenvalue weighted by Gasteiger charge is 2.10. The Labute approximate surface area is 124 Å². The maximum Gasteiger partial charge on any atom is 0.255 e. The molecule has 0 aliphatic rings. The van der Waals surface area contributed by atoms with E-state index in [9.17, 15) is 4.79 Å². The van der Waals surface area contributed by atoms with E-state index in [1.165, 1.54) is 0 Å². The number of benzene rings is 1. The molecule has 0 spiro atoms. The standard InChI is InChI=1S/C16H19N3O2/c1-2-21-16-14(4-3-11-18-16)19-15(20)13-7-5-12(6-8-13)9-10-17/h3-8,11H,2,9-10,17H2,1H3,(H,19,20). The third kappa shape index (κ3) is 4.03. The van der Waals surface area contributed by atoms with Crippen molar-refractivity contribution in [2.75, 3.05) is 18.5 Å². The van der Waals surface area contributed by atoms with Gasteiger partial charge in [0.2, 0.25) is 5.88 Å². The van der Waals surface area contributed by atoms with Crippen molar-refractivity contribution in [2.24, 2.45) is 5.73 Å². The third-order valence-corrected chi connectivity index (χ3v) is 2.95. The lowest BCUT2D eigenvalue weighted by molar-refractivity contribution is 0.102. The number of carbonyl (C=O) groups is 1. The Balaban J connectivity index is 2.10. The fraction of sp³-hybridized carbons (Fsp3) is 0.250. The van der Waals surface area contributed by atoms with Gasteiger partial charge >= 0.3 is 0 Å². The van der Waals surface area contributed by atoms with Crippen LogP contribution in [0.1, 0.15) is 22.8 Å². The van der Waals surface area contributed by atoms with Crippen molar-refractivity contribution in [3.8, 4) is 5.88 Å². The number of pyridine rings is 1. The molecule has 0 fully saturated rings. The minimum atomic E-state index is -0.191. The number of carbonyl (C=O) groups excluding carboxylic acids is 1. The summed E-state index contributed by atoms with van der Waals surface area (Å²) in [7, 11) is 0. The molecule has 0 aliphatic carbocycles. The van der Waals surface area contributed by atoms with Crippen molar-refractivity contribution in [1.82, 2.24) is 4.98 Å². The maximum atomic E-state index is 12.2. The number of ether oxygens (including phenoxy) is 1. The number of anilines is 1. The first-order valence-electron chi connectivity index (χ1n) is 6.92. The van der Waals surface area contributed by atoms with Crippen molar-refractivity contribution in [1.29, 1.82) is 0 Å². The van der Waals surface area contributed by atoms with Crippen LogP contribution < -0.4 is 15.8 Å². The largest absolute Gasteiger partial charge is 0.476 e. The molecule has 2 aromatic rings. The third-order valence-electron chi connectivity index (χ3n) is 2.95. The van der Waals surface area contributed by atoms with E-state index in [1.54, 1.807) is 30.5 Å². The van der Waals surface area contributed by atoms with Crippen molar-refractivity contribution < 1.29 is 9.53 Å². The molecule has 0 unspecified atom stereocenters. The smallest absolute Gasteiger partial charge is 0.255 e. The van der Waals surface area contributed by atoms with Crippen LogP contribution in [0, 0.1) is 0 Å². The summed E-state index contributed by atoms with van der Waals surface area (Å²) in [6.07, 6.45) is 2.43. The first-order valence-corrected chi connectivity index (χ1v) is 6.92. The summed E-state index contributed by atoms with van der Waals surface area (Å²) in [6, 6.07) is 10.9. The fourth-order valence-corrected chi connectivity index (χ4v) is 1.92. The number of nitrogens with one attached hydrogen (secondary N) is 1. The van der Waals surface area contributed by atoms with Crippen LogP contribution in [0.25, 0.3) is 0 Å². The molecule has 0 aliphatic heterocycles. The van der Waals surface area contributed by atoms with Gasteiger partial charge in [-0.25, -0.2) is 4.98 Å². The predicted octanol–water partition coefficient (Wildman–Crippen LogP) is 2.23. The molecule has 5 nitrogen and oxygen atoms in total. The molecule has 0 bridgehead atoms. The fourth-order valence-electron chi connectivity index (χ4n) is 1.92. The van der Waals surface area contributed by atoms with Crippen LogP contribution >= 0.6 is 0 Å². The van der Waals surface area contributed by atoms with Crippen LogP contribution in [0.3, 0.4) is 0 Å². The van der Waals surface area contributed by atoms with Gasteiger partial charge in [-0.3, -0.25) is 4.79 Å². The lowest BCUT2D eigenvalue weighted by Gasteiger charge is -2.10. The van der Waals surface area contributed by atoms with E-state index in [0.717, 1.165) is 12.0 Å². The topological polar surface area (TPSA) is 77.2 Å². The van der Waals surface area contributed by atoms with Crippen molar-refractivity contribution >= 4 is 11.6 Å². The van der Waals surface area contributed by atoms with Crippen LogP contribution in [0.5, 0.6) is 5.88 Å². The molecule has 0 atom stereocenters. The lowest BCUT2D eigenvalue weighted by atomic mass is 10.1. The Bertz CT molecular complexity index is 597. The molecule has 1 heterocycles. The molecular weight excluding hydrogens is 266 g/mol. The number of nitrogens with zero attached hydrogens (tertiary/aromatic N) is 1. The van der Waals surface area contributed by atoms with Gasteiger partial charge < -0.3 is 15.8 Å². The molecule has 0 saturated carbocycles. The maximum absolute atomic E-state index is 12.2. The summed E-state index contributed by atoms with van der Waals surface area (Å²) in [5, 5.41) is 2.81. The average molecular weight is 285 g/mol. The summed E-state index contributed by atoms with van der Waals surface area (Å²) in [5.41, 5.74) is 7.77. The van der Waals surface area contributed by atoms with Crippen LogP contribution in [0.4, 0.5) is 5.69 Å². The van der Waals surface area contributed by atoms with Gasteiger partial charge in [0.1, 0.15) is 5.69 Å². The van der Waals surface area contributed by atoms with Gasteiger partial charge in [-0.1, -0.05) is 12.1 Å². The van der Waals surface area contributed by atoms with Crippen LogP contribution in [0.15, 0.2) is 42.6 Å². The molecular formula is C16H19N3O2. The molecule has 3 N–H and O–H groups in total. The van der Waals surface area contributed by atoms with Gasteiger partial charge in [0, 0.05) is 11.8 Å². The molecule has 2 rings (SSSR count). The summed E-state index contributed by atoms with van der Waals surface area (Å²) >= 11 is 0. The van der Waals surface area contributed by atoms with E-state index in [-0.39, 0.29) is 5.91 Å². The van der Waals surface area contributed by atoms with Gasteiger partial charge in [0.05, 0.1) is 6.61 Å². The molecule has 1 aromatic heterocycles. The molecule has 0 radical (unpaired) electrons. The first kappa shape index (κ1) is 15.0. The second-order valence-corrected chi connectivity index (χ2v) is 4.48. The Hall–Kier alpha value is -2.40. The zero-order valence-electron chi connectivity index (χ0n) is 12.0. The van der Waals surface area contributed by atoms with Gasteiger partial charge in [-0.2, -0.15) is 0 Å². The van der Waals surface area contributed by atoms with Gasteiger partial charge in [0.15, 0.2) is 0 Å².